The number of urea groups is 1. The second kappa shape index (κ2) is 10.7. The fourth-order valence-corrected chi connectivity index (χ4v) is 3.90. The average molecular weight is 492 g/mol. The number of carbonyl (C=O) groups is 2. The van der Waals surface area contributed by atoms with Gasteiger partial charge in [0.2, 0.25) is 11.9 Å². The molecule has 0 bridgehead atoms. The van der Waals surface area contributed by atoms with Gasteiger partial charge in [0, 0.05) is 48.9 Å². The normalized spacial score (nSPS) is 18.6. The van der Waals surface area contributed by atoms with Crippen LogP contribution in [0.2, 0.25) is 0 Å². The number of amides is 3. The van der Waals surface area contributed by atoms with Gasteiger partial charge in [-0.15, -0.1) is 0 Å². The van der Waals surface area contributed by atoms with E-state index < -0.39 is 23.6 Å². The van der Waals surface area contributed by atoms with Crippen LogP contribution in [-0.4, -0.2) is 60.1 Å². The lowest BCUT2D eigenvalue weighted by molar-refractivity contribution is -0.140. The van der Waals surface area contributed by atoms with Gasteiger partial charge in [-0.1, -0.05) is 24.0 Å². The van der Waals surface area contributed by atoms with Crippen molar-refractivity contribution in [3.63, 3.8) is 0 Å². The summed E-state index contributed by atoms with van der Waals surface area (Å²) in [5, 5.41) is 22.8. The number of rotatable bonds is 5. The Morgan fingerprint density at radius 3 is 2.92 bits per heavy atom. The third kappa shape index (κ3) is 5.76. The summed E-state index contributed by atoms with van der Waals surface area (Å²) in [7, 11) is 1.64. The first-order valence-electron chi connectivity index (χ1n) is 11.4. The van der Waals surface area contributed by atoms with Gasteiger partial charge < -0.3 is 30.8 Å². The molecule has 9 nitrogen and oxygen atoms in total. The molecule has 186 valence electrons. The number of aromatic nitrogens is 1. The Balaban J connectivity index is 1.40. The van der Waals surface area contributed by atoms with E-state index in [2.05, 4.69) is 27.5 Å². The van der Waals surface area contributed by atoms with Crippen LogP contribution in [0.15, 0.2) is 48.3 Å². The third-order valence-electron chi connectivity index (χ3n) is 6.01. The minimum atomic E-state index is -1.13. The Hall–Kier alpha value is -4.07. The SMILES string of the molecule is CN1C(=O)[C@@H](NC(=O)N/C=C(\C=N)Cc2cccnc2F)CCc2ccc(C#CC3(O)COC3)cc21. The average Bonchev–Trinajstić information content (AvgIpc) is 2.97. The first kappa shape index (κ1) is 25.0. The Labute approximate surface area is 207 Å². The van der Waals surface area contributed by atoms with Gasteiger partial charge in [-0.2, -0.15) is 4.39 Å². The van der Waals surface area contributed by atoms with E-state index in [1.807, 2.05) is 12.1 Å². The molecule has 3 heterocycles. The minimum absolute atomic E-state index is 0.0828. The number of ether oxygens (including phenoxy) is 1. The zero-order valence-electron chi connectivity index (χ0n) is 19.7. The van der Waals surface area contributed by atoms with Gasteiger partial charge in [-0.25, -0.2) is 9.78 Å². The number of nitrogens with one attached hydrogen (secondary N) is 3. The molecule has 4 rings (SSSR count). The number of benzene rings is 1. The van der Waals surface area contributed by atoms with Crippen molar-refractivity contribution in [1.82, 2.24) is 15.6 Å². The lowest BCUT2D eigenvalue weighted by Crippen LogP contribution is -2.49. The number of allylic oxidation sites excluding steroid dienone is 1. The van der Waals surface area contributed by atoms with Gasteiger partial charge >= 0.3 is 6.03 Å². The predicted octanol–water partition coefficient (Wildman–Crippen LogP) is 1.69. The lowest BCUT2D eigenvalue weighted by Gasteiger charge is -2.30. The third-order valence-corrected chi connectivity index (χ3v) is 6.01. The second-order valence-electron chi connectivity index (χ2n) is 8.72. The number of halogens is 1. The highest BCUT2D eigenvalue weighted by Gasteiger charge is 2.34. The van der Waals surface area contributed by atoms with Crippen LogP contribution < -0.4 is 15.5 Å². The van der Waals surface area contributed by atoms with Crippen molar-refractivity contribution in [1.29, 1.82) is 5.41 Å². The molecule has 2 aliphatic heterocycles. The summed E-state index contributed by atoms with van der Waals surface area (Å²) in [4.78, 5) is 30.7. The molecule has 0 spiro atoms. The maximum Gasteiger partial charge on any atom is 0.319 e. The number of likely N-dealkylation sites (N-methyl/N-ethyl adjacent to an activating group) is 1. The monoisotopic (exact) mass is 491 g/mol. The summed E-state index contributed by atoms with van der Waals surface area (Å²) < 4.78 is 18.8. The van der Waals surface area contributed by atoms with Crippen molar-refractivity contribution in [2.45, 2.75) is 30.9 Å². The molecule has 2 aliphatic rings. The molecule has 1 fully saturated rings. The fraction of sp³-hybridized carbons (Fsp3) is 0.308. The fourth-order valence-electron chi connectivity index (χ4n) is 3.90. The van der Waals surface area contributed by atoms with Crippen LogP contribution in [0.25, 0.3) is 0 Å². The molecule has 1 saturated heterocycles. The topological polar surface area (TPSA) is 128 Å². The Morgan fingerprint density at radius 1 is 1.42 bits per heavy atom. The number of pyridine rings is 1. The molecular formula is C26H26FN5O4. The van der Waals surface area contributed by atoms with Crippen molar-refractivity contribution < 1.29 is 23.8 Å². The van der Waals surface area contributed by atoms with E-state index >= 15 is 0 Å². The largest absolute Gasteiger partial charge is 0.373 e. The standard InChI is InChI=1S/C26H26FN5O4/c1-32-22-12-17(8-9-26(35)15-36-16-26)4-5-19(22)6-7-21(24(32)33)31-25(34)30-14-18(13-28)11-20-3-2-10-29-23(20)27/h2-5,10,12-14,21,28,35H,6-7,11,15-16H2,1H3,(H2,30,31,34)/b18-14-,28-13?/t21-/m0/s1. The number of fused-ring (bicyclic) bond motifs is 1. The van der Waals surface area contributed by atoms with Gasteiger partial charge in [0.15, 0.2) is 5.60 Å². The summed E-state index contributed by atoms with van der Waals surface area (Å²) in [5.74, 6) is 4.83. The number of hydrogen-bond donors (Lipinski definition) is 4. The van der Waals surface area contributed by atoms with Crippen LogP contribution in [0, 0.1) is 23.2 Å². The van der Waals surface area contributed by atoms with Crippen molar-refractivity contribution in [3.8, 4) is 11.8 Å². The highest BCUT2D eigenvalue weighted by molar-refractivity contribution is 6.00. The van der Waals surface area contributed by atoms with Crippen molar-refractivity contribution >= 4 is 23.8 Å². The van der Waals surface area contributed by atoms with Crippen LogP contribution >= 0.6 is 0 Å². The summed E-state index contributed by atoms with van der Waals surface area (Å²) in [6, 6.07) is 7.29. The predicted molar refractivity (Wildman–Crippen MR) is 131 cm³/mol. The molecule has 0 aliphatic carbocycles. The molecular weight excluding hydrogens is 465 g/mol. The molecule has 0 saturated carbocycles. The van der Waals surface area contributed by atoms with Gasteiger partial charge in [0.1, 0.15) is 6.04 Å². The van der Waals surface area contributed by atoms with E-state index in [9.17, 15) is 19.1 Å². The molecule has 1 aromatic carbocycles. The molecule has 1 atom stereocenters. The Kier molecular flexibility index (Phi) is 7.43. The zero-order chi connectivity index (χ0) is 25.7. The van der Waals surface area contributed by atoms with Gasteiger partial charge in [0.05, 0.1) is 13.2 Å². The van der Waals surface area contributed by atoms with E-state index in [-0.39, 0.29) is 25.5 Å². The zero-order valence-corrected chi connectivity index (χ0v) is 19.7. The Morgan fingerprint density at radius 2 is 2.22 bits per heavy atom. The van der Waals surface area contributed by atoms with Crippen molar-refractivity contribution in [3.05, 3.63) is 70.9 Å². The molecule has 3 amide bonds. The number of carbonyl (C=O) groups excluding carboxylic acids is 2. The first-order valence-corrected chi connectivity index (χ1v) is 11.4. The maximum atomic E-state index is 13.8. The number of aryl methyl sites for hydroxylation is 1. The second-order valence-corrected chi connectivity index (χ2v) is 8.72. The highest BCUT2D eigenvalue weighted by Crippen LogP contribution is 2.27. The summed E-state index contributed by atoms with van der Waals surface area (Å²) in [6.07, 6.45) is 4.70. The van der Waals surface area contributed by atoms with Crippen LogP contribution in [0.5, 0.6) is 0 Å². The van der Waals surface area contributed by atoms with E-state index in [0.29, 0.717) is 35.2 Å². The maximum absolute atomic E-state index is 13.8. The molecule has 0 radical (unpaired) electrons. The molecule has 2 aromatic rings. The number of nitrogens with zero attached hydrogens (tertiary/aromatic N) is 2. The number of hydrogen-bond acceptors (Lipinski definition) is 6. The van der Waals surface area contributed by atoms with Crippen molar-refractivity contribution in [2.24, 2.45) is 0 Å². The van der Waals surface area contributed by atoms with E-state index in [4.69, 9.17) is 10.1 Å². The minimum Gasteiger partial charge on any atom is -0.373 e. The Bertz CT molecular complexity index is 1280. The van der Waals surface area contributed by atoms with Gasteiger partial charge in [0.25, 0.3) is 0 Å². The number of aliphatic hydroxyl groups is 1. The first-order chi connectivity index (χ1) is 17.3. The van der Waals surface area contributed by atoms with E-state index in [1.54, 1.807) is 25.2 Å². The highest BCUT2D eigenvalue weighted by atomic mass is 19.1. The molecule has 36 heavy (non-hydrogen) atoms. The summed E-state index contributed by atoms with van der Waals surface area (Å²) >= 11 is 0. The summed E-state index contributed by atoms with van der Waals surface area (Å²) in [6.45, 7) is 0.352. The van der Waals surface area contributed by atoms with E-state index in [0.717, 1.165) is 11.8 Å². The van der Waals surface area contributed by atoms with E-state index in [1.165, 1.54) is 17.3 Å². The van der Waals surface area contributed by atoms with Gasteiger partial charge in [-0.3, -0.25) is 4.79 Å². The van der Waals surface area contributed by atoms with Crippen LogP contribution in [0.1, 0.15) is 23.1 Å². The molecule has 1 aromatic heterocycles. The smallest absolute Gasteiger partial charge is 0.319 e. The van der Waals surface area contributed by atoms with Crippen molar-refractivity contribution in [2.75, 3.05) is 25.2 Å². The van der Waals surface area contributed by atoms with Crippen LogP contribution in [-0.2, 0) is 22.4 Å². The number of anilines is 1. The lowest BCUT2D eigenvalue weighted by atomic mass is 10.0. The summed E-state index contributed by atoms with van der Waals surface area (Å²) in [5.41, 5.74) is 1.82. The quantitative estimate of drug-likeness (QED) is 0.288. The molecule has 4 N–H and O–H groups in total. The van der Waals surface area contributed by atoms with Crippen LogP contribution in [0.4, 0.5) is 14.9 Å². The van der Waals surface area contributed by atoms with Gasteiger partial charge in [-0.05, 0) is 42.2 Å². The molecule has 0 unspecified atom stereocenters. The molecule has 10 heteroatoms. The van der Waals surface area contributed by atoms with Crippen LogP contribution in [0.3, 0.4) is 0 Å².